The first-order valence-corrected chi connectivity index (χ1v) is 10.5. The van der Waals surface area contributed by atoms with Gasteiger partial charge in [-0.25, -0.2) is 0 Å². The largest absolute Gasteiger partial charge is 0.367 e. The molecule has 2 saturated carbocycles. The maximum absolute atomic E-state index is 12.6. The highest BCUT2D eigenvalue weighted by molar-refractivity contribution is 5.94. The summed E-state index contributed by atoms with van der Waals surface area (Å²) >= 11 is 0. The maximum atomic E-state index is 12.6. The molecule has 3 heteroatoms. The minimum Gasteiger partial charge on any atom is -0.367 e. The molecule has 1 amide bonds. The van der Waals surface area contributed by atoms with Gasteiger partial charge in [0.05, 0.1) is 0 Å². The number of para-hydroxylation sites is 1. The quantitative estimate of drug-likeness (QED) is 0.867. The summed E-state index contributed by atoms with van der Waals surface area (Å²) in [5.74, 6) is 1.68. The lowest BCUT2D eigenvalue weighted by atomic mass is 9.95. The molecule has 2 fully saturated rings. The standard InChI is InChI=1S/C24H28N2O/c27-24(25-22-15-18-9-12-21(22)14-18)20-10-7-17(8-11-20)16-26-13-3-5-19-4-1-2-6-23(19)26/h1-2,4,6-8,10-11,18,21-22H,3,5,9,12-16H2,(H,25,27)/t18-,21-,22-/m1/s1. The van der Waals surface area contributed by atoms with Crippen molar-refractivity contribution in [3.05, 3.63) is 65.2 Å². The summed E-state index contributed by atoms with van der Waals surface area (Å²) < 4.78 is 0. The van der Waals surface area contributed by atoms with Crippen molar-refractivity contribution in [3.63, 3.8) is 0 Å². The van der Waals surface area contributed by atoms with Crippen LogP contribution in [0.3, 0.4) is 0 Å². The molecular weight excluding hydrogens is 332 g/mol. The number of carbonyl (C=O) groups is 1. The van der Waals surface area contributed by atoms with Crippen molar-refractivity contribution in [1.29, 1.82) is 0 Å². The van der Waals surface area contributed by atoms with E-state index >= 15 is 0 Å². The molecule has 2 bridgehead atoms. The molecular formula is C24H28N2O. The minimum atomic E-state index is 0.0995. The van der Waals surface area contributed by atoms with E-state index in [2.05, 4.69) is 46.6 Å². The highest BCUT2D eigenvalue weighted by Crippen LogP contribution is 2.44. The summed E-state index contributed by atoms with van der Waals surface area (Å²) in [5.41, 5.74) is 4.87. The lowest BCUT2D eigenvalue weighted by molar-refractivity contribution is 0.0923. The molecule has 3 aliphatic rings. The number of amides is 1. The maximum Gasteiger partial charge on any atom is 0.251 e. The SMILES string of the molecule is O=C(N[C@@H]1C[C@@H]2CC[C@@H]1C2)c1ccc(CN2CCCc3ccccc32)cc1. The minimum absolute atomic E-state index is 0.0995. The number of nitrogens with zero attached hydrogens (tertiary/aromatic N) is 1. The van der Waals surface area contributed by atoms with Crippen LogP contribution >= 0.6 is 0 Å². The average Bonchev–Trinajstić information content (AvgIpc) is 3.32. The smallest absolute Gasteiger partial charge is 0.251 e. The van der Waals surface area contributed by atoms with Crippen molar-refractivity contribution in [1.82, 2.24) is 5.32 Å². The number of fused-ring (bicyclic) bond motifs is 3. The molecule has 27 heavy (non-hydrogen) atoms. The summed E-state index contributed by atoms with van der Waals surface area (Å²) in [4.78, 5) is 15.1. The normalized spacial score (nSPS) is 26.1. The van der Waals surface area contributed by atoms with Crippen molar-refractivity contribution in [2.24, 2.45) is 11.8 Å². The highest BCUT2D eigenvalue weighted by atomic mass is 16.1. The van der Waals surface area contributed by atoms with E-state index in [4.69, 9.17) is 0 Å². The predicted molar refractivity (Wildman–Crippen MR) is 109 cm³/mol. The van der Waals surface area contributed by atoms with Crippen molar-refractivity contribution < 1.29 is 4.79 Å². The summed E-state index contributed by atoms with van der Waals surface area (Å²) in [7, 11) is 0. The lowest BCUT2D eigenvalue weighted by Gasteiger charge is -2.31. The first-order chi connectivity index (χ1) is 13.3. The van der Waals surface area contributed by atoms with E-state index in [1.54, 1.807) is 0 Å². The monoisotopic (exact) mass is 360 g/mol. The van der Waals surface area contributed by atoms with Gasteiger partial charge in [0.25, 0.3) is 5.91 Å². The zero-order valence-electron chi connectivity index (χ0n) is 15.9. The Labute approximate surface area is 161 Å². The third-order valence-electron chi connectivity index (χ3n) is 6.85. The van der Waals surface area contributed by atoms with Crippen molar-refractivity contribution in [3.8, 4) is 0 Å². The molecule has 5 rings (SSSR count). The molecule has 1 aliphatic heterocycles. The summed E-state index contributed by atoms with van der Waals surface area (Å²) in [6.45, 7) is 2.01. The first kappa shape index (κ1) is 16.9. The number of aryl methyl sites for hydroxylation is 1. The Balaban J connectivity index is 1.24. The van der Waals surface area contributed by atoms with E-state index in [1.807, 2.05) is 12.1 Å². The molecule has 0 radical (unpaired) electrons. The van der Waals surface area contributed by atoms with Crippen LogP contribution in [0.5, 0.6) is 0 Å². The lowest BCUT2D eigenvalue weighted by Crippen LogP contribution is -2.38. The van der Waals surface area contributed by atoms with Crippen molar-refractivity contribution in [2.45, 2.75) is 51.1 Å². The van der Waals surface area contributed by atoms with E-state index in [9.17, 15) is 4.79 Å². The van der Waals surface area contributed by atoms with E-state index in [1.165, 1.54) is 55.3 Å². The molecule has 3 nitrogen and oxygen atoms in total. The second kappa shape index (κ2) is 7.03. The Kier molecular flexibility index (Phi) is 4.39. The highest BCUT2D eigenvalue weighted by Gasteiger charge is 2.40. The Morgan fingerprint density at radius 1 is 1.04 bits per heavy atom. The second-order valence-corrected chi connectivity index (χ2v) is 8.61. The summed E-state index contributed by atoms with van der Waals surface area (Å²) in [5, 5.41) is 3.29. The topological polar surface area (TPSA) is 32.3 Å². The van der Waals surface area contributed by atoms with Gasteiger partial charge < -0.3 is 10.2 Å². The Morgan fingerprint density at radius 3 is 2.67 bits per heavy atom. The molecule has 2 aromatic rings. The van der Waals surface area contributed by atoms with Crippen LogP contribution < -0.4 is 10.2 Å². The molecule has 0 unspecified atom stereocenters. The number of carbonyl (C=O) groups excluding carboxylic acids is 1. The van der Waals surface area contributed by atoms with Gasteiger partial charge in [0, 0.05) is 30.4 Å². The second-order valence-electron chi connectivity index (χ2n) is 8.61. The Hall–Kier alpha value is -2.29. The molecule has 0 spiro atoms. The molecule has 2 aromatic carbocycles. The molecule has 0 saturated heterocycles. The van der Waals surface area contributed by atoms with Crippen LogP contribution in [0.15, 0.2) is 48.5 Å². The number of rotatable bonds is 4. The Bertz CT molecular complexity index is 829. The van der Waals surface area contributed by atoms with Crippen molar-refractivity contribution >= 4 is 11.6 Å². The van der Waals surface area contributed by atoms with Gasteiger partial charge in [-0.15, -0.1) is 0 Å². The zero-order chi connectivity index (χ0) is 18.2. The summed E-state index contributed by atoms with van der Waals surface area (Å²) in [6.07, 6.45) is 7.55. The number of benzene rings is 2. The first-order valence-electron chi connectivity index (χ1n) is 10.5. The van der Waals surface area contributed by atoms with Crippen LogP contribution in [0.25, 0.3) is 0 Å². The van der Waals surface area contributed by atoms with Crippen LogP contribution in [-0.4, -0.2) is 18.5 Å². The van der Waals surface area contributed by atoms with Gasteiger partial charge >= 0.3 is 0 Å². The van der Waals surface area contributed by atoms with Crippen LogP contribution in [0.2, 0.25) is 0 Å². The Morgan fingerprint density at radius 2 is 1.89 bits per heavy atom. The molecule has 2 aliphatic carbocycles. The van der Waals surface area contributed by atoms with Crippen LogP contribution in [0.4, 0.5) is 5.69 Å². The number of anilines is 1. The van der Waals surface area contributed by atoms with E-state index in [0.717, 1.165) is 30.5 Å². The van der Waals surface area contributed by atoms with Gasteiger partial charge in [0.1, 0.15) is 0 Å². The van der Waals surface area contributed by atoms with Gasteiger partial charge in [-0.1, -0.05) is 36.8 Å². The fraction of sp³-hybridized carbons (Fsp3) is 0.458. The zero-order valence-corrected chi connectivity index (χ0v) is 15.9. The van der Waals surface area contributed by atoms with E-state index in [0.29, 0.717) is 6.04 Å². The van der Waals surface area contributed by atoms with Crippen LogP contribution in [0, 0.1) is 11.8 Å². The third-order valence-corrected chi connectivity index (χ3v) is 6.85. The van der Waals surface area contributed by atoms with E-state index < -0.39 is 0 Å². The average molecular weight is 361 g/mol. The van der Waals surface area contributed by atoms with Crippen molar-refractivity contribution in [2.75, 3.05) is 11.4 Å². The third kappa shape index (κ3) is 3.36. The van der Waals surface area contributed by atoms with E-state index in [-0.39, 0.29) is 5.91 Å². The van der Waals surface area contributed by atoms with Gasteiger partial charge in [0.2, 0.25) is 0 Å². The molecule has 3 atom stereocenters. The molecule has 0 aromatic heterocycles. The van der Waals surface area contributed by atoms with Gasteiger partial charge in [-0.2, -0.15) is 0 Å². The molecule has 1 heterocycles. The van der Waals surface area contributed by atoms with Crippen LogP contribution in [-0.2, 0) is 13.0 Å². The summed E-state index contributed by atoms with van der Waals surface area (Å²) in [6, 6.07) is 17.4. The number of nitrogens with one attached hydrogen (secondary N) is 1. The predicted octanol–water partition coefficient (Wildman–Crippen LogP) is 4.56. The molecule has 140 valence electrons. The fourth-order valence-electron chi connectivity index (χ4n) is 5.43. The number of hydrogen-bond acceptors (Lipinski definition) is 2. The van der Waals surface area contributed by atoms with Gasteiger partial charge in [-0.3, -0.25) is 4.79 Å². The van der Waals surface area contributed by atoms with Crippen LogP contribution in [0.1, 0.15) is 53.6 Å². The fourth-order valence-corrected chi connectivity index (χ4v) is 5.43. The van der Waals surface area contributed by atoms with Gasteiger partial charge in [0.15, 0.2) is 0 Å². The number of hydrogen-bond donors (Lipinski definition) is 1. The van der Waals surface area contributed by atoms with Gasteiger partial charge in [-0.05, 0) is 73.3 Å². The molecule has 1 N–H and O–H groups in total.